The normalized spacial score (nSPS) is 11.4. The maximum Gasteiger partial charge on any atom is 0.258 e. The molecule has 1 amide bonds. The molecule has 0 spiro atoms. The number of ether oxygens (including phenoxy) is 1. The van der Waals surface area contributed by atoms with Gasteiger partial charge in [-0.1, -0.05) is 12.1 Å². The van der Waals surface area contributed by atoms with Crippen LogP contribution in [0.5, 0.6) is 11.6 Å². The molecule has 0 aliphatic heterocycles. The Labute approximate surface area is 129 Å². The predicted molar refractivity (Wildman–Crippen MR) is 82.0 cm³/mol. The van der Waals surface area contributed by atoms with Crippen molar-refractivity contribution in [2.45, 2.75) is 26.4 Å². The van der Waals surface area contributed by atoms with Crippen LogP contribution in [0, 0.1) is 6.92 Å². The highest BCUT2D eigenvalue weighted by atomic mass is 19.1. The molecule has 0 saturated heterocycles. The Hall–Kier alpha value is -2.37. The minimum absolute atomic E-state index is 0.275. The maximum absolute atomic E-state index is 14.0. The summed E-state index contributed by atoms with van der Waals surface area (Å²) in [6.07, 6.45) is 0. The number of alkyl halides is 1. The van der Waals surface area contributed by atoms with E-state index < -0.39 is 5.67 Å². The van der Waals surface area contributed by atoms with Crippen molar-refractivity contribution in [1.82, 2.24) is 15.1 Å². The Balaban J connectivity index is 2.42. The third-order valence-electron chi connectivity index (χ3n) is 3.36. The first-order valence-corrected chi connectivity index (χ1v) is 6.97. The third-order valence-corrected chi connectivity index (χ3v) is 3.36. The van der Waals surface area contributed by atoms with Crippen LogP contribution in [0.1, 0.15) is 35.5 Å². The van der Waals surface area contributed by atoms with Crippen LogP contribution in [0.2, 0.25) is 0 Å². The van der Waals surface area contributed by atoms with Crippen molar-refractivity contribution in [2.24, 2.45) is 7.05 Å². The number of nitrogens with zero attached hydrogens (tertiary/aromatic N) is 2. The van der Waals surface area contributed by atoms with Gasteiger partial charge in [0, 0.05) is 14.1 Å². The Morgan fingerprint density at radius 1 is 1.41 bits per heavy atom. The molecule has 5 nitrogen and oxygen atoms in total. The Morgan fingerprint density at radius 3 is 2.68 bits per heavy atom. The lowest BCUT2D eigenvalue weighted by atomic mass is 10.0. The molecule has 0 saturated carbocycles. The van der Waals surface area contributed by atoms with Gasteiger partial charge >= 0.3 is 0 Å². The molecule has 6 heteroatoms. The molecule has 2 rings (SSSR count). The zero-order valence-corrected chi connectivity index (χ0v) is 13.4. The topological polar surface area (TPSA) is 56.2 Å². The molecular weight excluding hydrogens is 285 g/mol. The molecule has 1 heterocycles. The average molecular weight is 305 g/mol. The molecule has 118 valence electrons. The highest BCUT2D eigenvalue weighted by Crippen LogP contribution is 2.31. The highest BCUT2D eigenvalue weighted by molar-refractivity contribution is 5.97. The lowest BCUT2D eigenvalue weighted by Crippen LogP contribution is -2.19. The fourth-order valence-electron chi connectivity index (χ4n) is 2.18. The molecule has 0 aliphatic carbocycles. The van der Waals surface area contributed by atoms with Crippen molar-refractivity contribution in [3.8, 4) is 11.6 Å². The Kier molecular flexibility index (Phi) is 4.21. The second-order valence-electron chi connectivity index (χ2n) is 5.57. The summed E-state index contributed by atoms with van der Waals surface area (Å²) in [5.41, 5.74) is -0.0233. The van der Waals surface area contributed by atoms with E-state index in [1.807, 2.05) is 0 Å². The summed E-state index contributed by atoms with van der Waals surface area (Å²) in [5, 5.41) is 6.77. The van der Waals surface area contributed by atoms with Crippen LogP contribution in [0.4, 0.5) is 4.39 Å². The summed E-state index contributed by atoms with van der Waals surface area (Å²) in [7, 11) is 3.24. The summed E-state index contributed by atoms with van der Waals surface area (Å²) in [6, 6.07) is 6.75. The molecule has 22 heavy (non-hydrogen) atoms. The van der Waals surface area contributed by atoms with Crippen LogP contribution < -0.4 is 10.1 Å². The standard InChI is InChI=1S/C16H20FN3O2/c1-10-13(14(21)18-4)15(20(5)19-10)22-12-8-6-7-11(9-12)16(2,3)17/h6-9H,1-5H3,(H,18,21). The van der Waals surface area contributed by atoms with Crippen molar-refractivity contribution in [2.75, 3.05) is 7.05 Å². The van der Waals surface area contributed by atoms with Gasteiger partial charge in [0.2, 0.25) is 5.88 Å². The van der Waals surface area contributed by atoms with Gasteiger partial charge in [-0.25, -0.2) is 9.07 Å². The second-order valence-corrected chi connectivity index (χ2v) is 5.57. The number of carbonyl (C=O) groups is 1. The summed E-state index contributed by atoms with van der Waals surface area (Å²) >= 11 is 0. The van der Waals surface area contributed by atoms with E-state index in [0.29, 0.717) is 28.5 Å². The van der Waals surface area contributed by atoms with E-state index in [1.54, 1.807) is 45.3 Å². The first-order chi connectivity index (χ1) is 10.2. The van der Waals surface area contributed by atoms with E-state index in [1.165, 1.54) is 18.5 Å². The zero-order valence-electron chi connectivity index (χ0n) is 13.4. The number of halogens is 1. The smallest absolute Gasteiger partial charge is 0.258 e. The molecule has 1 aromatic carbocycles. The quantitative estimate of drug-likeness (QED) is 0.944. The SMILES string of the molecule is CNC(=O)c1c(C)nn(C)c1Oc1cccc(C(C)(C)F)c1. The first kappa shape index (κ1) is 16.0. The van der Waals surface area contributed by atoms with Gasteiger partial charge in [-0.05, 0) is 38.5 Å². The van der Waals surface area contributed by atoms with E-state index in [-0.39, 0.29) is 5.91 Å². The van der Waals surface area contributed by atoms with Gasteiger partial charge < -0.3 is 10.1 Å². The van der Waals surface area contributed by atoms with Crippen LogP contribution in [-0.2, 0) is 12.7 Å². The molecule has 1 N–H and O–H groups in total. The van der Waals surface area contributed by atoms with Crippen LogP contribution in [0.3, 0.4) is 0 Å². The lowest BCUT2D eigenvalue weighted by Gasteiger charge is -2.16. The largest absolute Gasteiger partial charge is 0.438 e. The molecular formula is C16H20FN3O2. The van der Waals surface area contributed by atoms with Gasteiger partial charge in [0.1, 0.15) is 17.0 Å². The van der Waals surface area contributed by atoms with Crippen LogP contribution in [-0.4, -0.2) is 22.7 Å². The minimum Gasteiger partial charge on any atom is -0.438 e. The molecule has 0 radical (unpaired) electrons. The fourth-order valence-corrected chi connectivity index (χ4v) is 2.18. The van der Waals surface area contributed by atoms with E-state index in [0.717, 1.165) is 0 Å². The van der Waals surface area contributed by atoms with Crippen molar-refractivity contribution in [1.29, 1.82) is 0 Å². The van der Waals surface area contributed by atoms with E-state index >= 15 is 0 Å². The van der Waals surface area contributed by atoms with Crippen molar-refractivity contribution in [3.63, 3.8) is 0 Å². The molecule has 0 fully saturated rings. The first-order valence-electron chi connectivity index (χ1n) is 6.97. The minimum atomic E-state index is -1.47. The zero-order chi connectivity index (χ0) is 16.5. The lowest BCUT2D eigenvalue weighted by molar-refractivity contribution is 0.0960. The number of rotatable bonds is 4. The van der Waals surface area contributed by atoms with Crippen LogP contribution in [0.25, 0.3) is 0 Å². The van der Waals surface area contributed by atoms with E-state index in [2.05, 4.69) is 10.4 Å². The van der Waals surface area contributed by atoms with Gasteiger partial charge in [0.25, 0.3) is 5.91 Å². The number of nitrogens with one attached hydrogen (secondary N) is 1. The average Bonchev–Trinajstić information content (AvgIpc) is 2.72. The Bertz CT molecular complexity index is 702. The summed E-state index contributed by atoms with van der Waals surface area (Å²) < 4.78 is 21.3. The van der Waals surface area contributed by atoms with Crippen molar-refractivity contribution in [3.05, 3.63) is 41.1 Å². The molecule has 2 aromatic rings. The number of carbonyl (C=O) groups excluding carboxylic acids is 1. The molecule has 0 atom stereocenters. The van der Waals surface area contributed by atoms with Crippen molar-refractivity contribution < 1.29 is 13.9 Å². The molecule has 1 aromatic heterocycles. The van der Waals surface area contributed by atoms with Gasteiger partial charge in [-0.3, -0.25) is 4.79 Å². The van der Waals surface area contributed by atoms with Crippen LogP contribution >= 0.6 is 0 Å². The van der Waals surface area contributed by atoms with Gasteiger partial charge in [-0.2, -0.15) is 5.10 Å². The van der Waals surface area contributed by atoms with Crippen LogP contribution in [0.15, 0.2) is 24.3 Å². The summed E-state index contributed by atoms with van der Waals surface area (Å²) in [5.74, 6) is 0.504. The van der Waals surface area contributed by atoms with E-state index in [9.17, 15) is 9.18 Å². The second kappa shape index (κ2) is 5.79. The van der Waals surface area contributed by atoms with Gasteiger partial charge in [-0.15, -0.1) is 0 Å². The maximum atomic E-state index is 14.0. The summed E-state index contributed by atoms with van der Waals surface area (Å²) in [6.45, 7) is 4.70. The third kappa shape index (κ3) is 3.10. The Morgan fingerprint density at radius 2 is 2.09 bits per heavy atom. The monoisotopic (exact) mass is 305 g/mol. The summed E-state index contributed by atoms with van der Waals surface area (Å²) in [4.78, 5) is 12.0. The number of hydrogen-bond donors (Lipinski definition) is 1. The van der Waals surface area contributed by atoms with Gasteiger partial charge in [0.15, 0.2) is 0 Å². The number of benzene rings is 1. The van der Waals surface area contributed by atoms with Gasteiger partial charge in [0.05, 0.1) is 5.69 Å². The number of amides is 1. The molecule has 0 unspecified atom stereocenters. The molecule has 0 bridgehead atoms. The number of aromatic nitrogens is 2. The highest BCUT2D eigenvalue weighted by Gasteiger charge is 2.23. The van der Waals surface area contributed by atoms with Crippen molar-refractivity contribution >= 4 is 5.91 Å². The number of hydrogen-bond acceptors (Lipinski definition) is 3. The molecule has 0 aliphatic rings. The van der Waals surface area contributed by atoms with E-state index in [4.69, 9.17) is 4.74 Å². The fraction of sp³-hybridized carbons (Fsp3) is 0.375. The predicted octanol–water partition coefficient (Wildman–Crippen LogP) is 3.09. The number of aryl methyl sites for hydroxylation is 2.